The van der Waals surface area contributed by atoms with Crippen LogP contribution in [0.25, 0.3) is 0 Å². The van der Waals surface area contributed by atoms with Crippen molar-refractivity contribution in [1.29, 1.82) is 0 Å². The van der Waals surface area contributed by atoms with E-state index in [1.807, 2.05) is 0 Å². The van der Waals surface area contributed by atoms with E-state index in [1.165, 1.54) is 28.0 Å². The maximum atomic E-state index is 5.49. The van der Waals surface area contributed by atoms with E-state index in [1.54, 1.807) is 14.2 Å². The molecule has 0 saturated heterocycles. The minimum atomic E-state index is 0.814. The van der Waals surface area contributed by atoms with Gasteiger partial charge in [-0.15, -0.1) is 0 Å². The fourth-order valence-electron chi connectivity index (χ4n) is 3.61. The van der Waals surface area contributed by atoms with E-state index in [0.717, 1.165) is 37.4 Å². The van der Waals surface area contributed by atoms with E-state index in [0.29, 0.717) is 0 Å². The third kappa shape index (κ3) is 2.00. The molecule has 2 aliphatic rings. The first-order chi connectivity index (χ1) is 10.8. The zero-order valence-corrected chi connectivity index (χ0v) is 13.1. The van der Waals surface area contributed by atoms with Crippen LogP contribution in [-0.2, 0) is 19.4 Å². The molecule has 0 amide bonds. The Morgan fingerprint density at radius 1 is 0.909 bits per heavy atom. The second-order valence-corrected chi connectivity index (χ2v) is 5.93. The molecule has 0 unspecified atom stereocenters. The molecule has 0 aromatic heterocycles. The van der Waals surface area contributed by atoms with E-state index in [-0.39, 0.29) is 0 Å². The van der Waals surface area contributed by atoms with E-state index in [9.17, 15) is 0 Å². The maximum Gasteiger partial charge on any atom is 0.188 e. The van der Waals surface area contributed by atoms with Gasteiger partial charge in [-0.3, -0.25) is 0 Å². The molecule has 3 nitrogen and oxygen atoms in total. The summed E-state index contributed by atoms with van der Waals surface area (Å²) in [6.45, 7) is 2.09. The molecule has 0 bridgehead atoms. The van der Waals surface area contributed by atoms with Gasteiger partial charge >= 0.3 is 0 Å². The molecule has 2 heterocycles. The average Bonchev–Trinajstić information content (AvgIpc) is 2.58. The van der Waals surface area contributed by atoms with Crippen molar-refractivity contribution in [1.82, 2.24) is 0 Å². The standard InChI is InChI=1S/C19H20NO2/c1-21-18-10-14-7-8-20-12-15-6-4-3-5-13(15)9-17(20)16(14)11-19(18)22-2/h3-6,10-11H,7-9,12H2,1-2H3/q+1. The summed E-state index contributed by atoms with van der Waals surface area (Å²) in [5, 5.41) is 0. The minimum Gasteiger partial charge on any atom is -0.493 e. The number of ether oxygens (including phenoxy) is 2. The van der Waals surface area contributed by atoms with Crippen LogP contribution in [0.3, 0.4) is 0 Å². The molecule has 0 aliphatic carbocycles. The van der Waals surface area contributed by atoms with Crippen LogP contribution in [0.4, 0.5) is 0 Å². The summed E-state index contributed by atoms with van der Waals surface area (Å²) < 4.78 is 13.5. The van der Waals surface area contributed by atoms with E-state index >= 15 is 0 Å². The Labute approximate surface area is 130 Å². The number of methoxy groups -OCH3 is 2. The molecule has 2 aliphatic heterocycles. The fraction of sp³-hybridized carbons (Fsp3) is 0.316. The average molecular weight is 294 g/mol. The number of rotatable bonds is 2. The molecule has 2 aromatic rings. The largest absolute Gasteiger partial charge is 0.493 e. The van der Waals surface area contributed by atoms with Gasteiger partial charge in [0.25, 0.3) is 0 Å². The third-order valence-corrected chi connectivity index (χ3v) is 4.79. The number of hydrogen-bond donors (Lipinski definition) is 0. The third-order valence-electron chi connectivity index (χ3n) is 4.79. The lowest BCUT2D eigenvalue weighted by Gasteiger charge is -2.24. The Kier molecular flexibility index (Phi) is 3.14. The predicted octanol–water partition coefficient (Wildman–Crippen LogP) is 2.82. The lowest BCUT2D eigenvalue weighted by atomic mass is 9.88. The topological polar surface area (TPSA) is 21.5 Å². The van der Waals surface area contributed by atoms with E-state index in [2.05, 4.69) is 41.0 Å². The second kappa shape index (κ2) is 5.16. The molecule has 0 atom stereocenters. The Morgan fingerprint density at radius 3 is 2.41 bits per heavy atom. The number of hydrogen-bond acceptors (Lipinski definition) is 2. The maximum absolute atomic E-state index is 5.49. The molecule has 3 heteroatoms. The Morgan fingerprint density at radius 2 is 1.64 bits per heavy atom. The van der Waals surface area contributed by atoms with Gasteiger partial charge in [-0.05, 0) is 23.3 Å². The van der Waals surface area contributed by atoms with Crippen molar-refractivity contribution in [2.45, 2.75) is 19.4 Å². The molecule has 0 radical (unpaired) electrons. The van der Waals surface area contributed by atoms with Crippen LogP contribution in [0.5, 0.6) is 11.5 Å². The Bertz CT molecular complexity index is 777. The first-order valence-electron chi connectivity index (χ1n) is 7.73. The van der Waals surface area contributed by atoms with Crippen LogP contribution in [0.15, 0.2) is 36.4 Å². The molecule has 0 fully saturated rings. The summed E-state index contributed by atoms with van der Waals surface area (Å²) in [6, 6.07) is 13.0. The fourth-order valence-corrected chi connectivity index (χ4v) is 3.61. The normalized spacial score (nSPS) is 15.7. The highest BCUT2D eigenvalue weighted by molar-refractivity contribution is 6.01. The van der Waals surface area contributed by atoms with Gasteiger partial charge in [0, 0.05) is 17.5 Å². The predicted molar refractivity (Wildman–Crippen MR) is 86.3 cm³/mol. The highest BCUT2D eigenvalue weighted by atomic mass is 16.5. The summed E-state index contributed by atoms with van der Waals surface area (Å²) in [5.41, 5.74) is 6.99. The van der Waals surface area contributed by atoms with Crippen molar-refractivity contribution in [3.63, 3.8) is 0 Å². The van der Waals surface area contributed by atoms with Crippen LogP contribution < -0.4 is 9.47 Å². The van der Waals surface area contributed by atoms with Crippen molar-refractivity contribution >= 4 is 5.71 Å². The zero-order valence-electron chi connectivity index (χ0n) is 13.1. The van der Waals surface area contributed by atoms with Gasteiger partial charge in [0.05, 0.1) is 20.6 Å². The van der Waals surface area contributed by atoms with Crippen molar-refractivity contribution in [3.05, 3.63) is 58.7 Å². The molecule has 2 aromatic carbocycles. The van der Waals surface area contributed by atoms with Crippen molar-refractivity contribution in [3.8, 4) is 11.5 Å². The molecule has 112 valence electrons. The summed E-state index contributed by atoms with van der Waals surface area (Å²) in [6.07, 6.45) is 2.06. The summed E-state index contributed by atoms with van der Waals surface area (Å²) in [4.78, 5) is 0. The zero-order chi connectivity index (χ0) is 15.1. The molecule has 0 N–H and O–H groups in total. The molecule has 0 saturated carbocycles. The van der Waals surface area contributed by atoms with Crippen LogP contribution >= 0.6 is 0 Å². The molecule has 22 heavy (non-hydrogen) atoms. The SMILES string of the molecule is COc1cc2c(cc1OC)C1=[N+](CC2)Cc2ccccc2C1. The van der Waals surface area contributed by atoms with E-state index in [4.69, 9.17) is 9.47 Å². The van der Waals surface area contributed by atoms with Crippen molar-refractivity contribution < 1.29 is 14.0 Å². The highest BCUT2D eigenvalue weighted by Gasteiger charge is 2.31. The minimum absolute atomic E-state index is 0.814. The summed E-state index contributed by atoms with van der Waals surface area (Å²) >= 11 is 0. The van der Waals surface area contributed by atoms with Gasteiger partial charge in [0.2, 0.25) is 0 Å². The Balaban J connectivity index is 1.83. The first-order valence-corrected chi connectivity index (χ1v) is 7.73. The van der Waals surface area contributed by atoms with Gasteiger partial charge in [0.1, 0.15) is 6.54 Å². The highest BCUT2D eigenvalue weighted by Crippen LogP contribution is 2.34. The second-order valence-electron chi connectivity index (χ2n) is 5.93. The van der Waals surface area contributed by atoms with Gasteiger partial charge in [0.15, 0.2) is 23.8 Å². The van der Waals surface area contributed by atoms with Gasteiger partial charge in [-0.25, -0.2) is 4.58 Å². The lowest BCUT2D eigenvalue weighted by Crippen LogP contribution is -2.34. The molecule has 4 rings (SSSR count). The van der Waals surface area contributed by atoms with Crippen molar-refractivity contribution in [2.75, 3.05) is 20.8 Å². The van der Waals surface area contributed by atoms with Crippen molar-refractivity contribution in [2.24, 2.45) is 0 Å². The van der Waals surface area contributed by atoms with Gasteiger partial charge in [-0.2, -0.15) is 0 Å². The van der Waals surface area contributed by atoms with Crippen LogP contribution in [0.2, 0.25) is 0 Å². The smallest absolute Gasteiger partial charge is 0.188 e. The van der Waals surface area contributed by atoms with Crippen LogP contribution in [0, 0.1) is 0 Å². The lowest BCUT2D eigenvalue weighted by molar-refractivity contribution is -0.547. The Hall–Kier alpha value is -2.29. The summed E-state index contributed by atoms with van der Waals surface area (Å²) in [5.74, 6) is 1.64. The number of fused-ring (bicyclic) bond motifs is 3. The van der Waals surface area contributed by atoms with Gasteiger partial charge < -0.3 is 9.47 Å². The summed E-state index contributed by atoms with van der Waals surface area (Å²) in [7, 11) is 3.40. The van der Waals surface area contributed by atoms with Gasteiger partial charge in [-0.1, -0.05) is 24.3 Å². The molecule has 0 spiro atoms. The number of benzene rings is 2. The first kappa shape index (κ1) is 13.4. The molecular formula is C19H20NO2+. The number of nitrogens with zero attached hydrogens (tertiary/aromatic N) is 1. The van der Waals surface area contributed by atoms with Crippen LogP contribution in [-0.4, -0.2) is 31.1 Å². The molecular weight excluding hydrogens is 274 g/mol. The van der Waals surface area contributed by atoms with E-state index < -0.39 is 0 Å². The van der Waals surface area contributed by atoms with Crippen LogP contribution in [0.1, 0.15) is 22.3 Å². The quantitative estimate of drug-likeness (QED) is 0.794. The monoisotopic (exact) mass is 294 g/mol.